The van der Waals surface area contributed by atoms with Crippen LogP contribution in [0.2, 0.25) is 5.15 Å². The highest BCUT2D eigenvalue weighted by Crippen LogP contribution is 2.29. The number of piperidine rings is 1. The Morgan fingerprint density at radius 1 is 1.15 bits per heavy atom. The fourth-order valence-corrected chi connectivity index (χ4v) is 3.56. The first kappa shape index (κ1) is 20.2. The molecule has 8 heteroatoms. The summed E-state index contributed by atoms with van der Waals surface area (Å²) < 4.78 is 0. The van der Waals surface area contributed by atoms with E-state index in [0.29, 0.717) is 23.3 Å². The highest BCUT2D eigenvalue weighted by Gasteiger charge is 2.32. The Morgan fingerprint density at radius 2 is 1.81 bits per heavy atom. The molecule has 3 rings (SSSR count). The van der Waals surface area contributed by atoms with E-state index in [1.807, 2.05) is 12.3 Å². The fourth-order valence-electron chi connectivity index (χ4n) is 3.45. The molecule has 2 bridgehead atoms. The predicted octanol–water partition coefficient (Wildman–Crippen LogP) is 2.51. The summed E-state index contributed by atoms with van der Waals surface area (Å²) in [6.07, 6.45) is 8.34. The smallest absolute Gasteiger partial charge is 0.328 e. The molecule has 2 atom stereocenters. The van der Waals surface area contributed by atoms with Gasteiger partial charge in [-0.3, -0.25) is 4.90 Å². The maximum Gasteiger partial charge on any atom is 0.328 e. The van der Waals surface area contributed by atoms with Crippen molar-refractivity contribution in [3.8, 4) is 0 Å². The Morgan fingerprint density at radius 3 is 2.38 bits per heavy atom. The van der Waals surface area contributed by atoms with Gasteiger partial charge in [0.15, 0.2) is 0 Å². The van der Waals surface area contributed by atoms with Gasteiger partial charge >= 0.3 is 11.9 Å². The van der Waals surface area contributed by atoms with E-state index in [2.05, 4.69) is 27.9 Å². The van der Waals surface area contributed by atoms with Crippen molar-refractivity contribution in [3.05, 3.63) is 35.6 Å². The Hall–Kier alpha value is -2.12. The molecule has 7 nitrogen and oxygen atoms in total. The summed E-state index contributed by atoms with van der Waals surface area (Å²) in [5.41, 5.74) is 1.21. The molecule has 0 aliphatic carbocycles. The second-order valence-electron chi connectivity index (χ2n) is 6.49. The maximum atomic E-state index is 9.55. The van der Waals surface area contributed by atoms with Crippen LogP contribution in [0.25, 0.3) is 0 Å². The predicted molar refractivity (Wildman–Crippen MR) is 99.7 cm³/mol. The minimum atomic E-state index is -1.26. The Labute approximate surface area is 157 Å². The van der Waals surface area contributed by atoms with E-state index in [0.717, 1.165) is 19.1 Å². The lowest BCUT2D eigenvalue weighted by molar-refractivity contribution is -0.134. The number of hydrogen-bond donors (Lipinski definition) is 2. The number of likely N-dealkylation sites (N-methyl/N-ethyl adjacent to an activating group) is 1. The molecule has 0 amide bonds. The molecule has 0 radical (unpaired) electrons. The zero-order chi connectivity index (χ0) is 19.1. The van der Waals surface area contributed by atoms with Crippen LogP contribution in [0.4, 0.5) is 5.69 Å². The third-order valence-electron chi connectivity index (χ3n) is 4.84. The molecule has 1 aromatic heterocycles. The van der Waals surface area contributed by atoms with Gasteiger partial charge in [0.2, 0.25) is 0 Å². The number of nitrogens with zero attached hydrogens (tertiary/aromatic N) is 3. The average Bonchev–Trinajstić information content (AvgIpc) is 2.69. The van der Waals surface area contributed by atoms with Gasteiger partial charge in [0, 0.05) is 37.3 Å². The molecule has 3 heterocycles. The van der Waals surface area contributed by atoms with Crippen molar-refractivity contribution in [1.82, 2.24) is 9.88 Å². The molecule has 2 unspecified atom stereocenters. The third-order valence-corrected chi connectivity index (χ3v) is 5.06. The first-order valence-electron chi connectivity index (χ1n) is 8.59. The fraction of sp³-hybridized carbons (Fsp3) is 0.500. The molecule has 1 aromatic rings. The molecule has 0 saturated carbocycles. The number of hydrogen-bond acceptors (Lipinski definition) is 5. The second-order valence-corrected chi connectivity index (χ2v) is 6.87. The summed E-state index contributed by atoms with van der Waals surface area (Å²) in [4.78, 5) is 28.4. The summed E-state index contributed by atoms with van der Waals surface area (Å²) in [6, 6.07) is 5.44. The molecular weight excluding hydrogens is 358 g/mol. The van der Waals surface area contributed by atoms with Crippen LogP contribution >= 0.6 is 11.6 Å². The monoisotopic (exact) mass is 381 g/mol. The van der Waals surface area contributed by atoms with Crippen LogP contribution in [-0.4, -0.2) is 64.3 Å². The lowest BCUT2D eigenvalue weighted by Crippen LogP contribution is -2.45. The molecule has 0 spiro atoms. The van der Waals surface area contributed by atoms with Crippen LogP contribution in [0.15, 0.2) is 30.5 Å². The minimum Gasteiger partial charge on any atom is -0.478 e. The first-order valence-corrected chi connectivity index (χ1v) is 8.97. The number of carbonyl (C=O) groups is 2. The van der Waals surface area contributed by atoms with E-state index in [1.165, 1.54) is 31.4 Å². The topological polar surface area (TPSA) is 94.0 Å². The number of aromatic nitrogens is 1. The zero-order valence-corrected chi connectivity index (χ0v) is 15.5. The van der Waals surface area contributed by atoms with Crippen molar-refractivity contribution in [2.75, 3.05) is 25.0 Å². The van der Waals surface area contributed by atoms with E-state index >= 15 is 0 Å². The summed E-state index contributed by atoms with van der Waals surface area (Å²) in [7, 11) is 2.29. The molecule has 26 heavy (non-hydrogen) atoms. The average molecular weight is 382 g/mol. The Balaban J connectivity index is 0.000000260. The number of anilines is 1. The summed E-state index contributed by atoms with van der Waals surface area (Å²) in [5.74, 6) is -2.51. The number of halogens is 1. The quantitative estimate of drug-likeness (QED) is 0.613. The SMILES string of the molecule is CN1C2CCCC1CN(c1ccc(Cl)nc1)CC2.O=C(O)/C=C/C(=O)O. The molecular formula is C18H24ClN3O4. The van der Waals surface area contributed by atoms with Gasteiger partial charge in [-0.1, -0.05) is 18.0 Å². The minimum absolute atomic E-state index is 0.558. The van der Waals surface area contributed by atoms with Gasteiger partial charge in [0.25, 0.3) is 0 Å². The largest absolute Gasteiger partial charge is 0.478 e. The van der Waals surface area contributed by atoms with Crippen molar-refractivity contribution in [2.45, 2.75) is 37.8 Å². The highest BCUT2D eigenvalue weighted by molar-refractivity contribution is 6.29. The standard InChI is InChI=1S/C14H20ClN3.C4H4O4/c1-17-11-3-2-4-13(17)10-18(8-7-11)12-5-6-14(15)16-9-12;5-3(6)1-2-4(7)8/h5-6,9,11,13H,2-4,7-8,10H2,1H3;1-2H,(H,5,6)(H,7,8)/b;2-1+. The highest BCUT2D eigenvalue weighted by atomic mass is 35.5. The van der Waals surface area contributed by atoms with Crippen LogP contribution in [0.3, 0.4) is 0 Å². The maximum absolute atomic E-state index is 9.55. The third kappa shape index (κ3) is 6.00. The van der Waals surface area contributed by atoms with E-state index in [-0.39, 0.29) is 0 Å². The number of carboxylic acids is 2. The van der Waals surface area contributed by atoms with Crippen LogP contribution in [0.5, 0.6) is 0 Å². The van der Waals surface area contributed by atoms with Crippen LogP contribution in [-0.2, 0) is 9.59 Å². The van der Waals surface area contributed by atoms with Crippen molar-refractivity contribution in [2.24, 2.45) is 0 Å². The summed E-state index contributed by atoms with van der Waals surface area (Å²) >= 11 is 5.86. The molecule has 2 N–H and O–H groups in total. The number of aliphatic carboxylic acids is 2. The van der Waals surface area contributed by atoms with Gasteiger partial charge in [0.1, 0.15) is 5.15 Å². The van der Waals surface area contributed by atoms with Gasteiger partial charge in [-0.05, 0) is 38.4 Å². The summed E-state index contributed by atoms with van der Waals surface area (Å²) in [5, 5.41) is 16.2. The molecule has 2 aliphatic rings. The molecule has 2 saturated heterocycles. The normalized spacial score (nSPS) is 23.1. The van der Waals surface area contributed by atoms with Crippen molar-refractivity contribution < 1.29 is 19.8 Å². The number of rotatable bonds is 3. The lowest BCUT2D eigenvalue weighted by Gasteiger charge is -2.37. The van der Waals surface area contributed by atoms with E-state index in [9.17, 15) is 9.59 Å². The van der Waals surface area contributed by atoms with Crippen LogP contribution < -0.4 is 4.90 Å². The van der Waals surface area contributed by atoms with Crippen molar-refractivity contribution in [1.29, 1.82) is 0 Å². The Bertz CT molecular complexity index is 634. The van der Waals surface area contributed by atoms with Gasteiger partial charge in [-0.2, -0.15) is 0 Å². The zero-order valence-electron chi connectivity index (χ0n) is 14.7. The summed E-state index contributed by atoms with van der Waals surface area (Å²) in [6.45, 7) is 2.26. The van der Waals surface area contributed by atoms with Crippen LogP contribution in [0, 0.1) is 0 Å². The van der Waals surface area contributed by atoms with Crippen molar-refractivity contribution in [3.63, 3.8) is 0 Å². The van der Waals surface area contributed by atoms with E-state index in [4.69, 9.17) is 21.8 Å². The van der Waals surface area contributed by atoms with Gasteiger partial charge in [-0.15, -0.1) is 0 Å². The van der Waals surface area contributed by atoms with E-state index < -0.39 is 11.9 Å². The number of pyridine rings is 1. The van der Waals surface area contributed by atoms with E-state index in [1.54, 1.807) is 0 Å². The number of carboxylic acid groups (broad SMARTS) is 2. The van der Waals surface area contributed by atoms with Gasteiger partial charge < -0.3 is 15.1 Å². The van der Waals surface area contributed by atoms with Gasteiger partial charge in [-0.25, -0.2) is 14.6 Å². The Kier molecular flexibility index (Phi) is 7.41. The first-order chi connectivity index (χ1) is 12.4. The molecule has 0 aromatic carbocycles. The number of fused-ring (bicyclic) bond motifs is 2. The second kappa shape index (κ2) is 9.54. The van der Waals surface area contributed by atoms with Crippen molar-refractivity contribution >= 4 is 29.2 Å². The van der Waals surface area contributed by atoms with Crippen LogP contribution in [0.1, 0.15) is 25.7 Å². The van der Waals surface area contributed by atoms with Gasteiger partial charge in [0.05, 0.1) is 11.9 Å². The molecule has 2 fully saturated rings. The lowest BCUT2D eigenvalue weighted by atomic mass is 9.96. The molecule has 2 aliphatic heterocycles. The molecule has 142 valence electrons.